The van der Waals surface area contributed by atoms with Crippen LogP contribution in [-0.2, 0) is 6.42 Å². The minimum atomic E-state index is -0.449. The third-order valence-electron chi connectivity index (χ3n) is 4.57. The molecule has 0 saturated heterocycles. The van der Waals surface area contributed by atoms with Gasteiger partial charge in [-0.05, 0) is 50.5 Å². The van der Waals surface area contributed by atoms with Gasteiger partial charge in [0.15, 0.2) is 11.5 Å². The number of aryl methyl sites for hydroxylation is 1. The van der Waals surface area contributed by atoms with E-state index in [0.29, 0.717) is 11.5 Å². The Morgan fingerprint density at radius 3 is 2.79 bits per heavy atom. The zero-order valence-corrected chi connectivity index (χ0v) is 13.7. The SMILES string of the molecule is CC1(C)C=Cc2c([C@H]3CCc4ccc(O)cc4O3)ccc(O)c2O1. The fraction of sp³-hybridized carbons (Fsp3) is 0.300. The van der Waals surface area contributed by atoms with Crippen LogP contribution in [0, 0.1) is 0 Å². The van der Waals surface area contributed by atoms with Crippen LogP contribution in [0.1, 0.15) is 43.1 Å². The molecule has 124 valence electrons. The van der Waals surface area contributed by atoms with Gasteiger partial charge in [-0.25, -0.2) is 0 Å². The summed E-state index contributed by atoms with van der Waals surface area (Å²) >= 11 is 0. The van der Waals surface area contributed by atoms with Crippen molar-refractivity contribution in [3.8, 4) is 23.0 Å². The van der Waals surface area contributed by atoms with Crippen LogP contribution in [0.15, 0.2) is 36.4 Å². The molecule has 0 saturated carbocycles. The van der Waals surface area contributed by atoms with Crippen molar-refractivity contribution in [2.75, 3.05) is 0 Å². The molecule has 0 aromatic heterocycles. The van der Waals surface area contributed by atoms with Gasteiger partial charge < -0.3 is 19.7 Å². The van der Waals surface area contributed by atoms with E-state index >= 15 is 0 Å². The van der Waals surface area contributed by atoms with Crippen LogP contribution in [0.25, 0.3) is 6.08 Å². The Bertz CT molecular complexity index is 836. The number of hydrogen-bond donors (Lipinski definition) is 2. The molecule has 2 N–H and O–H groups in total. The van der Waals surface area contributed by atoms with E-state index < -0.39 is 5.60 Å². The second kappa shape index (κ2) is 5.20. The molecule has 2 heterocycles. The second-order valence-corrected chi connectivity index (χ2v) is 6.89. The van der Waals surface area contributed by atoms with Crippen molar-refractivity contribution >= 4 is 6.08 Å². The van der Waals surface area contributed by atoms with Crippen molar-refractivity contribution in [2.24, 2.45) is 0 Å². The zero-order valence-electron chi connectivity index (χ0n) is 13.7. The second-order valence-electron chi connectivity index (χ2n) is 6.89. The van der Waals surface area contributed by atoms with Gasteiger partial charge in [0, 0.05) is 17.2 Å². The van der Waals surface area contributed by atoms with E-state index in [1.54, 1.807) is 18.2 Å². The molecule has 0 aliphatic carbocycles. The smallest absolute Gasteiger partial charge is 0.169 e. The summed E-state index contributed by atoms with van der Waals surface area (Å²) in [6.07, 6.45) is 5.57. The molecule has 0 fully saturated rings. The molecule has 0 spiro atoms. The summed E-state index contributed by atoms with van der Waals surface area (Å²) in [5.41, 5.74) is 2.51. The lowest BCUT2D eigenvalue weighted by atomic mass is 9.91. The first kappa shape index (κ1) is 14.9. The molecule has 1 atom stereocenters. The van der Waals surface area contributed by atoms with Gasteiger partial charge in [-0.15, -0.1) is 0 Å². The first-order valence-corrected chi connectivity index (χ1v) is 8.16. The minimum Gasteiger partial charge on any atom is -0.508 e. The van der Waals surface area contributed by atoms with Crippen LogP contribution in [0.2, 0.25) is 0 Å². The molecule has 2 aliphatic rings. The molecule has 0 amide bonds. The van der Waals surface area contributed by atoms with E-state index in [9.17, 15) is 10.2 Å². The third-order valence-corrected chi connectivity index (χ3v) is 4.57. The maximum Gasteiger partial charge on any atom is 0.169 e. The van der Waals surface area contributed by atoms with Gasteiger partial charge >= 0.3 is 0 Å². The number of benzene rings is 2. The first-order chi connectivity index (χ1) is 11.4. The number of aromatic hydroxyl groups is 2. The van der Waals surface area contributed by atoms with Crippen LogP contribution < -0.4 is 9.47 Å². The average Bonchev–Trinajstić information content (AvgIpc) is 2.54. The Kier molecular flexibility index (Phi) is 3.23. The molecule has 2 aliphatic heterocycles. The Balaban J connectivity index is 1.74. The van der Waals surface area contributed by atoms with Crippen molar-refractivity contribution in [3.05, 3.63) is 53.1 Å². The molecular weight excluding hydrogens is 304 g/mol. The Labute approximate surface area is 141 Å². The summed E-state index contributed by atoms with van der Waals surface area (Å²) < 4.78 is 12.1. The summed E-state index contributed by atoms with van der Waals surface area (Å²) in [6, 6.07) is 8.79. The third kappa shape index (κ3) is 2.48. The number of phenolic OH excluding ortho intramolecular Hbond substituents is 2. The van der Waals surface area contributed by atoms with Gasteiger partial charge in [0.1, 0.15) is 23.2 Å². The van der Waals surface area contributed by atoms with Crippen molar-refractivity contribution in [1.29, 1.82) is 0 Å². The molecule has 0 radical (unpaired) electrons. The number of hydrogen-bond acceptors (Lipinski definition) is 4. The highest BCUT2D eigenvalue weighted by molar-refractivity contribution is 5.69. The number of ether oxygens (including phenoxy) is 2. The van der Waals surface area contributed by atoms with E-state index in [1.807, 2.05) is 38.1 Å². The van der Waals surface area contributed by atoms with E-state index in [-0.39, 0.29) is 17.6 Å². The maximum atomic E-state index is 10.2. The van der Waals surface area contributed by atoms with Gasteiger partial charge in [-0.2, -0.15) is 0 Å². The molecule has 2 aromatic carbocycles. The van der Waals surface area contributed by atoms with E-state index in [2.05, 4.69) is 0 Å². The fourth-order valence-electron chi connectivity index (χ4n) is 3.32. The van der Waals surface area contributed by atoms with E-state index in [0.717, 1.165) is 29.5 Å². The topological polar surface area (TPSA) is 58.9 Å². The summed E-state index contributed by atoms with van der Waals surface area (Å²) in [5, 5.41) is 19.9. The molecule has 2 aromatic rings. The number of phenols is 2. The Hall–Kier alpha value is -2.62. The predicted molar refractivity (Wildman–Crippen MR) is 91.6 cm³/mol. The normalized spacial score (nSPS) is 20.5. The highest BCUT2D eigenvalue weighted by Gasteiger charge is 2.30. The van der Waals surface area contributed by atoms with Crippen molar-refractivity contribution in [2.45, 2.75) is 38.4 Å². The molecule has 4 rings (SSSR count). The molecule has 0 unspecified atom stereocenters. The van der Waals surface area contributed by atoms with Crippen molar-refractivity contribution < 1.29 is 19.7 Å². The van der Waals surface area contributed by atoms with E-state index in [1.165, 1.54) is 0 Å². The first-order valence-electron chi connectivity index (χ1n) is 8.16. The van der Waals surface area contributed by atoms with Gasteiger partial charge in [0.2, 0.25) is 0 Å². The largest absolute Gasteiger partial charge is 0.508 e. The summed E-state index contributed by atoms with van der Waals surface area (Å²) in [4.78, 5) is 0. The maximum absolute atomic E-state index is 10.2. The standard InChI is InChI=1S/C20H20O4/c1-20(2)10-9-15-14(6-7-16(22)19(15)24-20)17-8-4-12-3-5-13(21)11-18(12)23-17/h3,5-7,9-11,17,21-22H,4,8H2,1-2H3/t17-/m1/s1. The minimum absolute atomic E-state index is 0.136. The van der Waals surface area contributed by atoms with Gasteiger partial charge in [-0.3, -0.25) is 0 Å². The monoisotopic (exact) mass is 324 g/mol. The lowest BCUT2D eigenvalue weighted by molar-refractivity contribution is 0.148. The van der Waals surface area contributed by atoms with Crippen LogP contribution in [0.5, 0.6) is 23.0 Å². The van der Waals surface area contributed by atoms with Gasteiger partial charge in [0.05, 0.1) is 0 Å². The number of rotatable bonds is 1. The molecular formula is C20H20O4. The molecule has 4 nitrogen and oxygen atoms in total. The van der Waals surface area contributed by atoms with Crippen molar-refractivity contribution in [3.63, 3.8) is 0 Å². The van der Waals surface area contributed by atoms with Crippen LogP contribution in [0.3, 0.4) is 0 Å². The lowest BCUT2D eigenvalue weighted by Gasteiger charge is -2.32. The van der Waals surface area contributed by atoms with Gasteiger partial charge in [0.25, 0.3) is 0 Å². The van der Waals surface area contributed by atoms with E-state index in [4.69, 9.17) is 9.47 Å². The Morgan fingerprint density at radius 1 is 1.12 bits per heavy atom. The van der Waals surface area contributed by atoms with Crippen LogP contribution in [0.4, 0.5) is 0 Å². The van der Waals surface area contributed by atoms with Crippen molar-refractivity contribution in [1.82, 2.24) is 0 Å². The molecule has 4 heteroatoms. The highest BCUT2D eigenvalue weighted by Crippen LogP contribution is 2.45. The fourth-order valence-corrected chi connectivity index (χ4v) is 3.32. The lowest BCUT2D eigenvalue weighted by Crippen LogP contribution is -2.28. The summed E-state index contributed by atoms with van der Waals surface area (Å²) in [5.74, 6) is 1.56. The molecule has 0 bridgehead atoms. The summed E-state index contributed by atoms with van der Waals surface area (Å²) in [6.45, 7) is 3.91. The predicted octanol–water partition coefficient (Wildman–Crippen LogP) is 4.35. The number of fused-ring (bicyclic) bond motifs is 2. The van der Waals surface area contributed by atoms with Crippen LogP contribution >= 0.6 is 0 Å². The van der Waals surface area contributed by atoms with Crippen LogP contribution in [-0.4, -0.2) is 15.8 Å². The van der Waals surface area contributed by atoms with Gasteiger partial charge in [-0.1, -0.05) is 18.2 Å². The average molecular weight is 324 g/mol. The molecule has 24 heavy (non-hydrogen) atoms. The zero-order chi connectivity index (χ0) is 16.9. The summed E-state index contributed by atoms with van der Waals surface area (Å²) in [7, 11) is 0. The highest BCUT2D eigenvalue weighted by atomic mass is 16.5. The Morgan fingerprint density at radius 2 is 1.96 bits per heavy atom. The quantitative estimate of drug-likeness (QED) is 0.819.